The molecule has 1 amide bonds. The van der Waals surface area contributed by atoms with E-state index >= 15 is 0 Å². The summed E-state index contributed by atoms with van der Waals surface area (Å²) in [6.45, 7) is 6.64. The summed E-state index contributed by atoms with van der Waals surface area (Å²) in [5, 5.41) is 3.17. The number of rotatable bonds is 5. The van der Waals surface area contributed by atoms with Crippen molar-refractivity contribution in [2.45, 2.75) is 57.7 Å². The predicted octanol–water partition coefficient (Wildman–Crippen LogP) is 2.33. The Morgan fingerprint density at radius 1 is 1.42 bits per heavy atom. The van der Waals surface area contributed by atoms with Gasteiger partial charge in [0.05, 0.1) is 19.3 Å². The molecule has 0 heterocycles. The average Bonchev–Trinajstić information content (AvgIpc) is 2.97. The fraction of sp³-hybridized carbons (Fsp3) is 0.632. The highest BCUT2D eigenvalue weighted by Crippen LogP contribution is 2.50. The first-order valence-electron chi connectivity index (χ1n) is 8.72. The average molecular weight is 332 g/mol. The van der Waals surface area contributed by atoms with Gasteiger partial charge in [0.15, 0.2) is 0 Å². The number of hydrogen-bond donors (Lipinski definition) is 2. The zero-order valence-electron chi connectivity index (χ0n) is 15.0. The topological polar surface area (TPSA) is 73.6 Å². The monoisotopic (exact) mass is 332 g/mol. The summed E-state index contributed by atoms with van der Waals surface area (Å²) in [4.78, 5) is 12.9. The molecule has 0 spiro atoms. The summed E-state index contributed by atoms with van der Waals surface area (Å²) in [5.41, 5.74) is 7.56. The van der Waals surface area contributed by atoms with Crippen LogP contribution in [0.4, 0.5) is 0 Å². The fourth-order valence-electron chi connectivity index (χ4n) is 4.07. The van der Waals surface area contributed by atoms with Gasteiger partial charge in [-0.05, 0) is 37.0 Å². The number of nitrogens with two attached hydrogens (primary N) is 1. The SMILES string of the molecule is CCOC1CC(N)(C(=O)NC2CCc3c(OC)cccc32)C1(C)C. The van der Waals surface area contributed by atoms with E-state index in [-0.39, 0.29) is 23.5 Å². The van der Waals surface area contributed by atoms with Crippen LogP contribution in [0.5, 0.6) is 5.75 Å². The summed E-state index contributed by atoms with van der Waals surface area (Å²) in [5.74, 6) is 0.816. The van der Waals surface area contributed by atoms with Crippen molar-refractivity contribution >= 4 is 5.91 Å². The molecular formula is C19H28N2O3. The number of fused-ring (bicyclic) bond motifs is 1. The van der Waals surface area contributed by atoms with Crippen LogP contribution in [0.15, 0.2) is 18.2 Å². The number of carbonyl (C=O) groups excluding carboxylic acids is 1. The predicted molar refractivity (Wildman–Crippen MR) is 92.9 cm³/mol. The molecule has 3 atom stereocenters. The Morgan fingerprint density at radius 2 is 2.17 bits per heavy atom. The Bertz CT molecular complexity index is 643. The second-order valence-electron chi connectivity index (χ2n) is 7.43. The summed E-state index contributed by atoms with van der Waals surface area (Å²) in [6, 6.07) is 6.01. The molecular weight excluding hydrogens is 304 g/mol. The van der Waals surface area contributed by atoms with Gasteiger partial charge in [0, 0.05) is 18.4 Å². The number of benzene rings is 1. The Morgan fingerprint density at radius 3 is 2.79 bits per heavy atom. The van der Waals surface area contributed by atoms with Crippen LogP contribution in [-0.2, 0) is 16.0 Å². The Labute approximate surface area is 143 Å². The third-order valence-electron chi connectivity index (χ3n) is 5.99. The molecule has 0 aliphatic heterocycles. The highest BCUT2D eigenvalue weighted by Gasteiger charge is 2.63. The van der Waals surface area contributed by atoms with Gasteiger partial charge in [0.25, 0.3) is 0 Å². The van der Waals surface area contributed by atoms with Gasteiger partial charge in [-0.1, -0.05) is 26.0 Å². The van der Waals surface area contributed by atoms with Crippen LogP contribution in [0.1, 0.15) is 50.8 Å². The van der Waals surface area contributed by atoms with Crippen molar-refractivity contribution in [3.8, 4) is 5.75 Å². The van der Waals surface area contributed by atoms with Crippen molar-refractivity contribution in [2.75, 3.05) is 13.7 Å². The van der Waals surface area contributed by atoms with E-state index in [0.717, 1.165) is 24.2 Å². The summed E-state index contributed by atoms with van der Waals surface area (Å²) >= 11 is 0. The smallest absolute Gasteiger partial charge is 0.241 e. The summed E-state index contributed by atoms with van der Waals surface area (Å²) in [7, 11) is 1.68. The molecule has 1 aromatic carbocycles. The fourth-order valence-corrected chi connectivity index (χ4v) is 4.07. The number of nitrogens with one attached hydrogen (secondary N) is 1. The standard InChI is InChI=1S/C19H28N2O3/c1-5-24-16-11-19(20,18(16,2)3)17(22)21-14-10-9-13-12(14)7-6-8-15(13)23-4/h6-8,14,16H,5,9-11,20H2,1-4H3,(H,21,22). The van der Waals surface area contributed by atoms with E-state index in [1.165, 1.54) is 5.56 Å². The number of methoxy groups -OCH3 is 1. The Kier molecular flexibility index (Phi) is 4.34. The van der Waals surface area contributed by atoms with E-state index in [0.29, 0.717) is 13.0 Å². The van der Waals surface area contributed by atoms with Gasteiger partial charge in [0.1, 0.15) is 11.3 Å². The van der Waals surface area contributed by atoms with Gasteiger partial charge in [-0.15, -0.1) is 0 Å². The molecule has 5 heteroatoms. The molecule has 132 valence electrons. The van der Waals surface area contributed by atoms with Gasteiger partial charge in [-0.2, -0.15) is 0 Å². The molecule has 3 unspecified atom stereocenters. The first-order valence-corrected chi connectivity index (χ1v) is 8.72. The maximum Gasteiger partial charge on any atom is 0.241 e. The lowest BCUT2D eigenvalue weighted by Crippen LogP contribution is -2.75. The molecule has 2 aliphatic rings. The van der Waals surface area contributed by atoms with E-state index in [2.05, 4.69) is 11.4 Å². The van der Waals surface area contributed by atoms with Crippen LogP contribution in [0.25, 0.3) is 0 Å². The van der Waals surface area contributed by atoms with Gasteiger partial charge >= 0.3 is 0 Å². The van der Waals surface area contributed by atoms with Gasteiger partial charge in [-0.3, -0.25) is 4.79 Å². The molecule has 1 aromatic rings. The van der Waals surface area contributed by atoms with Crippen LogP contribution < -0.4 is 15.8 Å². The minimum absolute atomic E-state index is 0.00460. The maximum atomic E-state index is 12.9. The van der Waals surface area contributed by atoms with E-state index in [4.69, 9.17) is 15.2 Å². The van der Waals surface area contributed by atoms with Crippen molar-refractivity contribution in [1.82, 2.24) is 5.32 Å². The molecule has 0 aromatic heterocycles. The van der Waals surface area contributed by atoms with Crippen molar-refractivity contribution in [3.05, 3.63) is 29.3 Å². The number of carbonyl (C=O) groups is 1. The molecule has 24 heavy (non-hydrogen) atoms. The first-order chi connectivity index (χ1) is 11.3. The Hall–Kier alpha value is -1.59. The van der Waals surface area contributed by atoms with Crippen LogP contribution in [0.3, 0.4) is 0 Å². The number of amides is 1. The molecule has 3 N–H and O–H groups in total. The normalized spacial score (nSPS) is 30.4. The van der Waals surface area contributed by atoms with E-state index in [1.54, 1.807) is 7.11 Å². The molecule has 1 fully saturated rings. The van der Waals surface area contributed by atoms with Gasteiger partial charge in [0.2, 0.25) is 5.91 Å². The van der Waals surface area contributed by atoms with E-state index < -0.39 is 5.54 Å². The van der Waals surface area contributed by atoms with E-state index in [9.17, 15) is 4.79 Å². The highest BCUT2D eigenvalue weighted by molar-refractivity contribution is 5.89. The van der Waals surface area contributed by atoms with Crippen molar-refractivity contribution in [2.24, 2.45) is 11.1 Å². The van der Waals surface area contributed by atoms with Crippen molar-refractivity contribution < 1.29 is 14.3 Å². The van der Waals surface area contributed by atoms with Gasteiger partial charge < -0.3 is 20.5 Å². The van der Waals surface area contributed by atoms with E-state index in [1.807, 2.05) is 32.9 Å². The van der Waals surface area contributed by atoms with Crippen LogP contribution in [0, 0.1) is 5.41 Å². The zero-order chi connectivity index (χ0) is 17.5. The lowest BCUT2D eigenvalue weighted by Gasteiger charge is -2.57. The van der Waals surface area contributed by atoms with Crippen molar-refractivity contribution in [1.29, 1.82) is 0 Å². The zero-order valence-corrected chi connectivity index (χ0v) is 15.0. The maximum absolute atomic E-state index is 12.9. The number of ether oxygens (including phenoxy) is 2. The van der Waals surface area contributed by atoms with Gasteiger partial charge in [-0.25, -0.2) is 0 Å². The second kappa shape index (κ2) is 6.05. The molecule has 1 saturated carbocycles. The van der Waals surface area contributed by atoms with Crippen molar-refractivity contribution in [3.63, 3.8) is 0 Å². The summed E-state index contributed by atoms with van der Waals surface area (Å²) in [6.07, 6.45) is 2.39. The first kappa shape index (κ1) is 17.2. The molecule has 0 saturated heterocycles. The van der Waals surface area contributed by atoms with Crippen LogP contribution in [-0.4, -0.2) is 31.3 Å². The molecule has 2 aliphatic carbocycles. The quantitative estimate of drug-likeness (QED) is 0.868. The minimum Gasteiger partial charge on any atom is -0.496 e. The lowest BCUT2D eigenvalue weighted by molar-refractivity contribution is -0.171. The number of hydrogen-bond acceptors (Lipinski definition) is 4. The highest BCUT2D eigenvalue weighted by atomic mass is 16.5. The summed E-state index contributed by atoms with van der Waals surface area (Å²) < 4.78 is 11.1. The van der Waals surface area contributed by atoms with Crippen LogP contribution in [0.2, 0.25) is 0 Å². The third kappa shape index (κ3) is 2.42. The minimum atomic E-state index is -0.880. The molecule has 0 radical (unpaired) electrons. The molecule has 0 bridgehead atoms. The largest absolute Gasteiger partial charge is 0.496 e. The third-order valence-corrected chi connectivity index (χ3v) is 5.99. The van der Waals surface area contributed by atoms with Crippen LogP contribution >= 0.6 is 0 Å². The second-order valence-corrected chi connectivity index (χ2v) is 7.43. The lowest BCUT2D eigenvalue weighted by atomic mass is 9.54. The molecule has 3 rings (SSSR count). The molecule has 5 nitrogen and oxygen atoms in total. The Balaban J connectivity index is 1.74.